The van der Waals surface area contributed by atoms with Crippen LogP contribution < -0.4 is 10.2 Å². The number of aliphatic hydroxyl groups excluding tert-OH is 1. The van der Waals surface area contributed by atoms with Crippen molar-refractivity contribution in [1.82, 2.24) is 5.43 Å². The number of rotatable bonds is 6. The monoisotopic (exact) mass is 438 g/mol. The number of carbonyl (C=O) groups is 2. The zero-order valence-corrected chi connectivity index (χ0v) is 17.9. The highest BCUT2D eigenvalue weighted by Gasteiger charge is 2.17. The van der Waals surface area contributed by atoms with Gasteiger partial charge in [0, 0.05) is 5.56 Å². The van der Waals surface area contributed by atoms with Crippen molar-refractivity contribution in [3.63, 3.8) is 0 Å². The van der Waals surface area contributed by atoms with Crippen molar-refractivity contribution >= 4 is 28.9 Å². The first-order valence-corrected chi connectivity index (χ1v) is 10.4. The van der Waals surface area contributed by atoms with E-state index in [1.54, 1.807) is 54.6 Å². The number of aryl methyl sites for hydroxylation is 1. The van der Waals surface area contributed by atoms with Crippen molar-refractivity contribution in [3.8, 4) is 5.75 Å². The van der Waals surface area contributed by atoms with Crippen LogP contribution in [0.2, 0.25) is 0 Å². The molecule has 164 valence electrons. The molecule has 0 fully saturated rings. The lowest BCUT2D eigenvalue weighted by Gasteiger charge is -2.11. The molecule has 0 saturated carbocycles. The maximum absolute atomic E-state index is 12.7. The van der Waals surface area contributed by atoms with Gasteiger partial charge in [0.1, 0.15) is 5.75 Å². The molecule has 0 radical (unpaired) electrons. The number of hydrazone groups is 1. The lowest BCUT2D eigenvalue weighted by molar-refractivity contribution is -0.129. The molecule has 0 heterocycles. The largest absolute Gasteiger partial charge is 0.422 e. The number of nitrogens with one attached hydrogen (secondary N) is 1. The fourth-order valence-corrected chi connectivity index (χ4v) is 3.44. The van der Waals surface area contributed by atoms with Gasteiger partial charge in [-0.05, 0) is 41.5 Å². The molecular weight excluding hydrogens is 416 g/mol. The van der Waals surface area contributed by atoms with E-state index in [4.69, 9.17) is 4.74 Å². The Kier molecular flexibility index (Phi) is 6.57. The SMILES string of the molecule is Cc1cccc(C(=O)Oc2ccc3ccccc3c2/C=N/NC(=O)C(O)c2ccccc2)c1. The summed E-state index contributed by atoms with van der Waals surface area (Å²) in [5.41, 5.74) is 4.73. The van der Waals surface area contributed by atoms with E-state index < -0.39 is 18.0 Å². The lowest BCUT2D eigenvalue weighted by Crippen LogP contribution is -2.25. The van der Waals surface area contributed by atoms with Crippen LogP contribution in [0.5, 0.6) is 5.75 Å². The van der Waals surface area contributed by atoms with E-state index in [1.807, 2.05) is 43.3 Å². The molecule has 4 rings (SSSR count). The first-order chi connectivity index (χ1) is 16.0. The van der Waals surface area contributed by atoms with Crippen molar-refractivity contribution in [2.45, 2.75) is 13.0 Å². The van der Waals surface area contributed by atoms with E-state index in [2.05, 4.69) is 10.5 Å². The topological polar surface area (TPSA) is 88.0 Å². The van der Waals surface area contributed by atoms with Crippen LogP contribution in [0, 0.1) is 6.92 Å². The quantitative estimate of drug-likeness (QED) is 0.200. The molecule has 1 atom stereocenters. The second-order valence-corrected chi connectivity index (χ2v) is 7.50. The van der Waals surface area contributed by atoms with Crippen molar-refractivity contribution < 1.29 is 19.4 Å². The molecule has 0 aliphatic rings. The average molecular weight is 438 g/mol. The molecule has 33 heavy (non-hydrogen) atoms. The van der Waals surface area contributed by atoms with Crippen LogP contribution >= 0.6 is 0 Å². The highest BCUT2D eigenvalue weighted by molar-refractivity contribution is 6.04. The van der Waals surface area contributed by atoms with Gasteiger partial charge in [-0.25, -0.2) is 10.2 Å². The predicted molar refractivity (Wildman–Crippen MR) is 127 cm³/mol. The summed E-state index contributed by atoms with van der Waals surface area (Å²) in [4.78, 5) is 25.0. The van der Waals surface area contributed by atoms with Crippen LogP contribution in [0.4, 0.5) is 0 Å². The molecule has 2 N–H and O–H groups in total. The van der Waals surface area contributed by atoms with Crippen molar-refractivity contribution in [1.29, 1.82) is 0 Å². The predicted octanol–water partition coefficient (Wildman–Crippen LogP) is 4.55. The van der Waals surface area contributed by atoms with Crippen LogP contribution in [0.15, 0.2) is 96.1 Å². The Morgan fingerprint density at radius 2 is 1.70 bits per heavy atom. The third-order valence-corrected chi connectivity index (χ3v) is 5.12. The second kappa shape index (κ2) is 9.89. The molecule has 6 heteroatoms. The fourth-order valence-electron chi connectivity index (χ4n) is 3.44. The number of ether oxygens (including phenoxy) is 1. The number of amides is 1. The zero-order valence-electron chi connectivity index (χ0n) is 17.9. The molecule has 0 spiro atoms. The van der Waals surface area contributed by atoms with E-state index in [-0.39, 0.29) is 0 Å². The minimum absolute atomic E-state index is 0.307. The minimum Gasteiger partial charge on any atom is -0.422 e. The van der Waals surface area contributed by atoms with Crippen LogP contribution in [0.3, 0.4) is 0 Å². The molecule has 0 aromatic heterocycles. The summed E-state index contributed by atoms with van der Waals surface area (Å²) in [5.74, 6) is -0.857. The van der Waals surface area contributed by atoms with E-state index >= 15 is 0 Å². The molecule has 1 unspecified atom stereocenters. The van der Waals surface area contributed by atoms with Gasteiger partial charge < -0.3 is 9.84 Å². The number of esters is 1. The molecular formula is C27H22N2O4. The Morgan fingerprint density at radius 3 is 2.48 bits per heavy atom. The number of aliphatic hydroxyl groups is 1. The summed E-state index contributed by atoms with van der Waals surface area (Å²) in [6.07, 6.45) is 0.0612. The highest BCUT2D eigenvalue weighted by atomic mass is 16.5. The number of hydrogen-bond acceptors (Lipinski definition) is 5. The van der Waals surface area contributed by atoms with E-state index in [0.29, 0.717) is 22.4 Å². The summed E-state index contributed by atoms with van der Waals surface area (Å²) in [5, 5.41) is 16.0. The van der Waals surface area contributed by atoms with Crippen LogP contribution in [-0.2, 0) is 4.79 Å². The van der Waals surface area contributed by atoms with Crippen molar-refractivity contribution in [2.24, 2.45) is 5.10 Å². The number of fused-ring (bicyclic) bond motifs is 1. The normalized spacial score (nSPS) is 11.9. The van der Waals surface area contributed by atoms with Crippen LogP contribution in [0.1, 0.15) is 33.2 Å². The first kappa shape index (κ1) is 21.9. The van der Waals surface area contributed by atoms with Gasteiger partial charge >= 0.3 is 5.97 Å². The first-order valence-electron chi connectivity index (χ1n) is 10.4. The number of carbonyl (C=O) groups excluding carboxylic acids is 2. The van der Waals surface area contributed by atoms with E-state index in [0.717, 1.165) is 16.3 Å². The molecule has 6 nitrogen and oxygen atoms in total. The number of benzene rings is 4. The third kappa shape index (κ3) is 5.14. The van der Waals surface area contributed by atoms with Gasteiger partial charge in [-0.1, -0.05) is 78.4 Å². The zero-order chi connectivity index (χ0) is 23.2. The number of nitrogens with zero attached hydrogens (tertiary/aromatic N) is 1. The molecule has 4 aromatic carbocycles. The van der Waals surface area contributed by atoms with Gasteiger partial charge in [-0.3, -0.25) is 4.79 Å². The molecule has 0 aliphatic carbocycles. The molecule has 0 saturated heterocycles. The average Bonchev–Trinajstić information content (AvgIpc) is 2.85. The maximum atomic E-state index is 12.7. The van der Waals surface area contributed by atoms with Crippen molar-refractivity contribution in [3.05, 3.63) is 113 Å². The highest BCUT2D eigenvalue weighted by Crippen LogP contribution is 2.27. The van der Waals surface area contributed by atoms with Gasteiger partial charge in [0.2, 0.25) is 0 Å². The molecule has 1 amide bonds. The summed E-state index contributed by atoms with van der Waals surface area (Å²) in [7, 11) is 0. The Morgan fingerprint density at radius 1 is 0.939 bits per heavy atom. The minimum atomic E-state index is -1.35. The van der Waals surface area contributed by atoms with Gasteiger partial charge in [0.05, 0.1) is 11.8 Å². The smallest absolute Gasteiger partial charge is 0.343 e. The van der Waals surface area contributed by atoms with Gasteiger partial charge in [0.25, 0.3) is 5.91 Å². The standard InChI is InChI=1S/C27H22N2O4/c1-18-8-7-12-21(16-18)27(32)33-24-15-14-19-9-5-6-13-22(19)23(24)17-28-29-26(31)25(30)20-10-3-2-4-11-20/h2-17,25,30H,1H3,(H,29,31)/b28-17+. The summed E-state index contributed by atoms with van der Waals surface area (Å²) in [6, 6.07) is 26.8. The number of hydrogen-bond donors (Lipinski definition) is 2. The van der Waals surface area contributed by atoms with Gasteiger partial charge in [-0.2, -0.15) is 5.10 Å². The van der Waals surface area contributed by atoms with Crippen LogP contribution in [-0.4, -0.2) is 23.2 Å². The van der Waals surface area contributed by atoms with E-state index in [1.165, 1.54) is 6.21 Å². The summed E-state index contributed by atoms with van der Waals surface area (Å²) in [6.45, 7) is 1.90. The Balaban J connectivity index is 1.60. The second-order valence-electron chi connectivity index (χ2n) is 7.50. The summed E-state index contributed by atoms with van der Waals surface area (Å²) >= 11 is 0. The maximum Gasteiger partial charge on any atom is 0.343 e. The van der Waals surface area contributed by atoms with Crippen LogP contribution in [0.25, 0.3) is 10.8 Å². The third-order valence-electron chi connectivity index (χ3n) is 5.12. The Hall–Kier alpha value is -4.29. The van der Waals surface area contributed by atoms with Gasteiger partial charge in [0.15, 0.2) is 6.10 Å². The Labute approximate surface area is 191 Å². The molecule has 0 aliphatic heterocycles. The van der Waals surface area contributed by atoms with E-state index in [9.17, 15) is 14.7 Å². The summed E-state index contributed by atoms with van der Waals surface area (Å²) < 4.78 is 5.68. The Bertz CT molecular complexity index is 1330. The lowest BCUT2D eigenvalue weighted by atomic mass is 10.0. The van der Waals surface area contributed by atoms with Gasteiger partial charge in [-0.15, -0.1) is 0 Å². The molecule has 4 aromatic rings. The fraction of sp³-hybridized carbons (Fsp3) is 0.0741. The van der Waals surface area contributed by atoms with Crippen molar-refractivity contribution in [2.75, 3.05) is 0 Å². The molecule has 0 bridgehead atoms.